The maximum atomic E-state index is 11.4. The summed E-state index contributed by atoms with van der Waals surface area (Å²) in [6.45, 7) is 5.72. The van der Waals surface area contributed by atoms with E-state index < -0.39 is 5.92 Å². The largest absolute Gasteiger partial charge is 0.469 e. The number of allylic oxidation sites excluding steroid dienone is 1. The SMILES string of the molecule is C=C(C)CCCC(CC(=O)OC)C(=O)OC. The summed E-state index contributed by atoms with van der Waals surface area (Å²) >= 11 is 0. The van der Waals surface area contributed by atoms with Crippen molar-refractivity contribution in [2.45, 2.75) is 32.6 Å². The molecule has 4 heteroatoms. The topological polar surface area (TPSA) is 52.6 Å². The maximum Gasteiger partial charge on any atom is 0.309 e. The second-order valence-electron chi connectivity index (χ2n) is 3.85. The first-order chi connectivity index (χ1) is 7.51. The Morgan fingerprint density at radius 1 is 1.25 bits per heavy atom. The molecule has 0 rings (SSSR count). The highest BCUT2D eigenvalue weighted by molar-refractivity contribution is 5.79. The van der Waals surface area contributed by atoms with Gasteiger partial charge in [-0.1, -0.05) is 5.57 Å². The molecule has 0 heterocycles. The highest BCUT2D eigenvalue weighted by atomic mass is 16.5. The molecule has 0 aromatic carbocycles. The zero-order valence-corrected chi connectivity index (χ0v) is 10.2. The molecule has 0 radical (unpaired) electrons. The van der Waals surface area contributed by atoms with Crippen molar-refractivity contribution in [2.75, 3.05) is 14.2 Å². The maximum absolute atomic E-state index is 11.4. The summed E-state index contributed by atoms with van der Waals surface area (Å²) < 4.78 is 9.18. The van der Waals surface area contributed by atoms with Crippen LogP contribution in [0.2, 0.25) is 0 Å². The van der Waals surface area contributed by atoms with Crippen LogP contribution in [-0.2, 0) is 19.1 Å². The Morgan fingerprint density at radius 2 is 1.88 bits per heavy atom. The average molecular weight is 228 g/mol. The molecule has 1 atom stereocenters. The third kappa shape index (κ3) is 6.22. The van der Waals surface area contributed by atoms with E-state index in [2.05, 4.69) is 16.1 Å². The van der Waals surface area contributed by atoms with Gasteiger partial charge in [-0.2, -0.15) is 0 Å². The van der Waals surface area contributed by atoms with Crippen LogP contribution < -0.4 is 0 Å². The van der Waals surface area contributed by atoms with Gasteiger partial charge in [-0.25, -0.2) is 0 Å². The van der Waals surface area contributed by atoms with Crippen LogP contribution in [0.5, 0.6) is 0 Å². The predicted octanol–water partition coefficient (Wildman–Crippen LogP) is 2.09. The summed E-state index contributed by atoms with van der Waals surface area (Å²) in [7, 11) is 2.63. The van der Waals surface area contributed by atoms with Gasteiger partial charge in [0.2, 0.25) is 0 Å². The number of methoxy groups -OCH3 is 2. The van der Waals surface area contributed by atoms with Gasteiger partial charge in [0.05, 0.1) is 26.6 Å². The van der Waals surface area contributed by atoms with Gasteiger partial charge in [0.1, 0.15) is 0 Å². The Labute approximate surface area is 96.6 Å². The first kappa shape index (κ1) is 14.7. The molecule has 0 aliphatic heterocycles. The lowest BCUT2D eigenvalue weighted by atomic mass is 9.97. The van der Waals surface area contributed by atoms with Crippen molar-refractivity contribution >= 4 is 11.9 Å². The quantitative estimate of drug-likeness (QED) is 0.494. The van der Waals surface area contributed by atoms with Crippen LogP contribution in [0.4, 0.5) is 0 Å². The second-order valence-corrected chi connectivity index (χ2v) is 3.85. The summed E-state index contributed by atoms with van der Waals surface area (Å²) in [6, 6.07) is 0. The molecule has 0 saturated heterocycles. The molecule has 1 unspecified atom stereocenters. The van der Waals surface area contributed by atoms with Gasteiger partial charge in [-0.05, 0) is 26.2 Å². The third-order valence-corrected chi connectivity index (χ3v) is 2.33. The molecule has 0 N–H and O–H groups in total. The highest BCUT2D eigenvalue weighted by Gasteiger charge is 2.22. The molecule has 16 heavy (non-hydrogen) atoms. The van der Waals surface area contributed by atoms with Gasteiger partial charge in [-0.3, -0.25) is 9.59 Å². The number of hydrogen-bond acceptors (Lipinski definition) is 4. The molecule has 0 aromatic rings. The lowest BCUT2D eigenvalue weighted by molar-refractivity contribution is -0.152. The predicted molar refractivity (Wildman–Crippen MR) is 60.8 cm³/mol. The molecule has 0 amide bonds. The average Bonchev–Trinajstić information content (AvgIpc) is 2.25. The molecule has 4 nitrogen and oxygen atoms in total. The van der Waals surface area contributed by atoms with E-state index in [0.717, 1.165) is 18.4 Å². The van der Waals surface area contributed by atoms with Gasteiger partial charge in [-0.15, -0.1) is 6.58 Å². The molecule has 0 aliphatic carbocycles. The minimum absolute atomic E-state index is 0.0827. The first-order valence-corrected chi connectivity index (χ1v) is 5.30. The van der Waals surface area contributed by atoms with Crippen molar-refractivity contribution in [3.8, 4) is 0 Å². The van der Waals surface area contributed by atoms with Crippen molar-refractivity contribution in [1.82, 2.24) is 0 Å². The lowest BCUT2D eigenvalue weighted by Crippen LogP contribution is -2.20. The second kappa shape index (κ2) is 7.91. The normalized spacial score (nSPS) is 11.7. The number of hydrogen-bond donors (Lipinski definition) is 0. The Balaban J connectivity index is 4.15. The van der Waals surface area contributed by atoms with E-state index in [9.17, 15) is 9.59 Å². The smallest absolute Gasteiger partial charge is 0.309 e. The number of carbonyl (C=O) groups excluding carboxylic acids is 2. The van der Waals surface area contributed by atoms with Crippen molar-refractivity contribution in [2.24, 2.45) is 5.92 Å². The fourth-order valence-electron chi connectivity index (χ4n) is 1.40. The molecule has 0 aromatic heterocycles. The summed E-state index contributed by atoms with van der Waals surface area (Å²) in [5.74, 6) is -1.14. The summed E-state index contributed by atoms with van der Waals surface area (Å²) in [4.78, 5) is 22.5. The summed E-state index contributed by atoms with van der Waals surface area (Å²) in [6.07, 6.45) is 2.38. The molecule has 0 spiro atoms. The van der Waals surface area contributed by atoms with E-state index in [4.69, 9.17) is 0 Å². The van der Waals surface area contributed by atoms with E-state index in [-0.39, 0.29) is 18.4 Å². The Hall–Kier alpha value is -1.32. The standard InChI is InChI=1S/C12H20O4/c1-9(2)6-5-7-10(12(14)16-4)8-11(13)15-3/h10H,1,5-8H2,2-4H3. The molecule has 0 fully saturated rings. The van der Waals surface area contributed by atoms with Crippen LogP contribution in [0.15, 0.2) is 12.2 Å². The molecule has 92 valence electrons. The lowest BCUT2D eigenvalue weighted by Gasteiger charge is -2.12. The van der Waals surface area contributed by atoms with E-state index in [0.29, 0.717) is 6.42 Å². The highest BCUT2D eigenvalue weighted by Crippen LogP contribution is 2.17. The summed E-state index contributed by atoms with van der Waals surface area (Å²) in [5, 5.41) is 0. The number of ether oxygens (including phenoxy) is 2. The van der Waals surface area contributed by atoms with Crippen LogP contribution in [0.1, 0.15) is 32.6 Å². The van der Waals surface area contributed by atoms with E-state index in [1.807, 2.05) is 6.92 Å². The molecule has 0 aliphatic rings. The van der Waals surface area contributed by atoms with E-state index >= 15 is 0 Å². The van der Waals surface area contributed by atoms with Crippen molar-refractivity contribution in [3.63, 3.8) is 0 Å². The van der Waals surface area contributed by atoms with Crippen molar-refractivity contribution < 1.29 is 19.1 Å². The fraction of sp³-hybridized carbons (Fsp3) is 0.667. The van der Waals surface area contributed by atoms with Crippen molar-refractivity contribution in [1.29, 1.82) is 0 Å². The number of rotatable bonds is 7. The van der Waals surface area contributed by atoms with E-state index in [1.165, 1.54) is 14.2 Å². The van der Waals surface area contributed by atoms with E-state index in [1.54, 1.807) is 0 Å². The monoisotopic (exact) mass is 228 g/mol. The van der Waals surface area contributed by atoms with Gasteiger partial charge in [0.25, 0.3) is 0 Å². The van der Waals surface area contributed by atoms with Crippen LogP contribution in [-0.4, -0.2) is 26.2 Å². The Bertz CT molecular complexity index is 258. The van der Waals surface area contributed by atoms with Gasteiger partial charge >= 0.3 is 11.9 Å². The third-order valence-electron chi connectivity index (χ3n) is 2.33. The first-order valence-electron chi connectivity index (χ1n) is 5.30. The number of esters is 2. The molecular formula is C12H20O4. The van der Waals surface area contributed by atoms with Crippen molar-refractivity contribution in [3.05, 3.63) is 12.2 Å². The van der Waals surface area contributed by atoms with Gasteiger partial charge in [0.15, 0.2) is 0 Å². The summed E-state index contributed by atoms with van der Waals surface area (Å²) in [5.41, 5.74) is 1.07. The molecular weight excluding hydrogens is 208 g/mol. The van der Waals surface area contributed by atoms with Crippen LogP contribution in [0.3, 0.4) is 0 Å². The Kier molecular flexibility index (Phi) is 7.25. The Morgan fingerprint density at radius 3 is 2.31 bits per heavy atom. The van der Waals surface area contributed by atoms with Gasteiger partial charge < -0.3 is 9.47 Å². The van der Waals surface area contributed by atoms with Crippen LogP contribution in [0.25, 0.3) is 0 Å². The molecule has 0 saturated carbocycles. The zero-order valence-electron chi connectivity index (χ0n) is 10.2. The zero-order chi connectivity index (χ0) is 12.6. The van der Waals surface area contributed by atoms with Gasteiger partial charge in [0, 0.05) is 0 Å². The van der Waals surface area contributed by atoms with Crippen LogP contribution in [0, 0.1) is 5.92 Å². The molecule has 0 bridgehead atoms. The fourth-order valence-corrected chi connectivity index (χ4v) is 1.40. The minimum atomic E-state index is -0.406. The van der Waals surface area contributed by atoms with Crippen LogP contribution >= 0.6 is 0 Å². The number of carbonyl (C=O) groups is 2. The minimum Gasteiger partial charge on any atom is -0.469 e.